The molecular formula is C22H17F2NO5. The van der Waals surface area contributed by atoms with E-state index >= 15 is 0 Å². The molecule has 8 heteroatoms. The van der Waals surface area contributed by atoms with Crippen molar-refractivity contribution < 1.29 is 27.9 Å². The predicted octanol–water partition coefficient (Wildman–Crippen LogP) is 2.74. The summed E-state index contributed by atoms with van der Waals surface area (Å²) < 4.78 is 34.3. The van der Waals surface area contributed by atoms with Crippen LogP contribution in [0.15, 0.2) is 53.5 Å². The van der Waals surface area contributed by atoms with Crippen molar-refractivity contribution in [1.29, 1.82) is 0 Å². The first kappa shape index (κ1) is 21.0. The zero-order valence-electron chi connectivity index (χ0n) is 15.9. The minimum atomic E-state index is -1.70. The van der Waals surface area contributed by atoms with Gasteiger partial charge in [0.05, 0.1) is 18.7 Å². The number of rotatable bonds is 7. The van der Waals surface area contributed by atoms with Gasteiger partial charge in [-0.1, -0.05) is 18.2 Å². The smallest absolute Gasteiger partial charge is 0.375 e. The largest absolute Gasteiger partial charge is 0.460 e. The van der Waals surface area contributed by atoms with Crippen LogP contribution in [0.1, 0.15) is 24.0 Å². The molecule has 0 fully saturated rings. The number of fused-ring (bicyclic) bond motifs is 1. The van der Waals surface area contributed by atoms with E-state index in [4.69, 9.17) is 0 Å². The third-order valence-electron chi connectivity index (χ3n) is 4.64. The highest BCUT2D eigenvalue weighted by Crippen LogP contribution is 2.21. The van der Waals surface area contributed by atoms with Gasteiger partial charge in [-0.25, -0.2) is 13.6 Å². The number of halogens is 2. The first-order chi connectivity index (χ1) is 14.4. The van der Waals surface area contributed by atoms with E-state index < -0.39 is 34.7 Å². The van der Waals surface area contributed by atoms with Gasteiger partial charge >= 0.3 is 5.97 Å². The Morgan fingerprint density at radius 3 is 2.40 bits per heavy atom. The third-order valence-corrected chi connectivity index (χ3v) is 4.64. The molecule has 0 N–H and O–H groups in total. The number of carbonyl (C=O) groups is 3. The van der Waals surface area contributed by atoms with Crippen molar-refractivity contribution in [2.24, 2.45) is 0 Å². The van der Waals surface area contributed by atoms with Gasteiger partial charge in [-0.2, -0.15) is 0 Å². The summed E-state index contributed by atoms with van der Waals surface area (Å²) in [7, 11) is 0. The second-order valence-electron chi connectivity index (χ2n) is 6.46. The van der Waals surface area contributed by atoms with Gasteiger partial charge in [-0.15, -0.1) is 0 Å². The van der Waals surface area contributed by atoms with Crippen molar-refractivity contribution in [2.45, 2.75) is 19.4 Å². The third kappa shape index (κ3) is 3.89. The molecule has 0 aliphatic rings. The normalized spacial score (nSPS) is 11.8. The van der Waals surface area contributed by atoms with Crippen LogP contribution in [-0.4, -0.2) is 29.2 Å². The molecule has 154 valence electrons. The SMILES string of the molecule is CCOC(=O)C(=O)C(C=O)c1cn(Cc2c(F)cccc2F)c2ccccc2c1=O. The second kappa shape index (κ2) is 8.77. The molecule has 0 bridgehead atoms. The minimum absolute atomic E-state index is 0.0787. The van der Waals surface area contributed by atoms with Gasteiger partial charge in [0.2, 0.25) is 0 Å². The Morgan fingerprint density at radius 2 is 1.77 bits per heavy atom. The Balaban J connectivity index is 2.20. The number of nitrogens with zero attached hydrogens (tertiary/aromatic N) is 1. The van der Waals surface area contributed by atoms with Gasteiger partial charge < -0.3 is 14.1 Å². The molecule has 0 spiro atoms. The molecule has 0 saturated carbocycles. The van der Waals surface area contributed by atoms with Crippen LogP contribution in [0, 0.1) is 11.6 Å². The van der Waals surface area contributed by atoms with Gasteiger partial charge in [-0.05, 0) is 31.2 Å². The second-order valence-corrected chi connectivity index (χ2v) is 6.46. The minimum Gasteiger partial charge on any atom is -0.460 e. The van der Waals surface area contributed by atoms with E-state index in [0.29, 0.717) is 5.52 Å². The van der Waals surface area contributed by atoms with Gasteiger partial charge in [0.25, 0.3) is 5.78 Å². The summed E-state index contributed by atoms with van der Waals surface area (Å²) in [5.41, 5.74) is -0.817. The highest BCUT2D eigenvalue weighted by molar-refractivity contribution is 6.38. The number of ketones is 1. The lowest BCUT2D eigenvalue weighted by molar-refractivity contribution is -0.154. The number of pyridine rings is 1. The molecule has 3 rings (SSSR count). The van der Waals surface area contributed by atoms with Crippen LogP contribution in [0.2, 0.25) is 0 Å². The summed E-state index contributed by atoms with van der Waals surface area (Å²) in [6.07, 6.45) is 1.35. The summed E-state index contributed by atoms with van der Waals surface area (Å²) in [6, 6.07) is 9.67. The van der Waals surface area contributed by atoms with E-state index in [1.54, 1.807) is 18.2 Å². The fourth-order valence-corrected chi connectivity index (χ4v) is 3.18. The number of esters is 1. The number of para-hydroxylation sites is 1. The van der Waals surface area contributed by atoms with Crippen molar-refractivity contribution in [3.05, 3.63) is 81.6 Å². The number of aldehydes is 1. The molecule has 1 aromatic heterocycles. The maximum Gasteiger partial charge on any atom is 0.375 e. The maximum atomic E-state index is 14.2. The molecule has 2 aromatic carbocycles. The van der Waals surface area contributed by atoms with Gasteiger partial charge in [-0.3, -0.25) is 9.59 Å². The average molecular weight is 413 g/mol. The molecule has 1 unspecified atom stereocenters. The van der Waals surface area contributed by atoms with Gasteiger partial charge in [0.15, 0.2) is 5.43 Å². The lowest BCUT2D eigenvalue weighted by Crippen LogP contribution is -2.30. The Morgan fingerprint density at radius 1 is 1.10 bits per heavy atom. The molecular weight excluding hydrogens is 396 g/mol. The van der Waals surface area contributed by atoms with Crippen molar-refractivity contribution in [1.82, 2.24) is 4.57 Å². The molecule has 0 amide bonds. The molecule has 6 nitrogen and oxygen atoms in total. The van der Waals surface area contributed by atoms with E-state index in [-0.39, 0.29) is 36.0 Å². The monoisotopic (exact) mass is 413 g/mol. The van der Waals surface area contributed by atoms with Crippen molar-refractivity contribution >= 4 is 28.9 Å². The maximum absolute atomic E-state index is 14.2. The molecule has 0 saturated heterocycles. The zero-order chi connectivity index (χ0) is 21.8. The number of hydrogen-bond acceptors (Lipinski definition) is 5. The molecule has 0 aliphatic carbocycles. The summed E-state index contributed by atoms with van der Waals surface area (Å²) in [6.45, 7) is 1.11. The number of benzene rings is 2. The fraction of sp³-hybridized carbons (Fsp3) is 0.182. The molecule has 1 atom stereocenters. The van der Waals surface area contributed by atoms with Crippen molar-refractivity contribution in [3.63, 3.8) is 0 Å². The molecule has 0 aliphatic heterocycles. The van der Waals surface area contributed by atoms with Crippen LogP contribution in [-0.2, 0) is 25.7 Å². The van der Waals surface area contributed by atoms with E-state index in [9.17, 15) is 28.0 Å². The number of Topliss-reactive ketones (excluding diaryl/α,β-unsaturated/α-hetero) is 1. The van der Waals surface area contributed by atoms with E-state index in [1.807, 2.05) is 0 Å². The fourth-order valence-electron chi connectivity index (χ4n) is 3.18. The van der Waals surface area contributed by atoms with Crippen LogP contribution in [0.3, 0.4) is 0 Å². The number of carbonyl (C=O) groups excluding carboxylic acids is 3. The molecule has 0 radical (unpaired) electrons. The van der Waals surface area contributed by atoms with Crippen LogP contribution >= 0.6 is 0 Å². The number of aromatic nitrogens is 1. The quantitative estimate of drug-likeness (QED) is 0.257. The predicted molar refractivity (Wildman–Crippen MR) is 104 cm³/mol. The van der Waals surface area contributed by atoms with Crippen molar-refractivity contribution in [2.75, 3.05) is 6.61 Å². The Bertz CT molecular complexity index is 1180. The summed E-state index contributed by atoms with van der Waals surface area (Å²) in [4.78, 5) is 48.7. The van der Waals surface area contributed by atoms with Crippen LogP contribution in [0.25, 0.3) is 10.9 Å². The molecule has 3 aromatic rings. The topological polar surface area (TPSA) is 82.4 Å². The average Bonchev–Trinajstić information content (AvgIpc) is 2.74. The zero-order valence-corrected chi connectivity index (χ0v) is 15.9. The van der Waals surface area contributed by atoms with Crippen LogP contribution in [0.4, 0.5) is 8.78 Å². The van der Waals surface area contributed by atoms with Gasteiger partial charge in [0, 0.05) is 22.7 Å². The van der Waals surface area contributed by atoms with E-state index in [0.717, 1.165) is 12.1 Å². The van der Waals surface area contributed by atoms with E-state index in [2.05, 4.69) is 4.74 Å². The lowest BCUT2D eigenvalue weighted by atomic mass is 9.95. The summed E-state index contributed by atoms with van der Waals surface area (Å²) in [5.74, 6) is -5.70. The summed E-state index contributed by atoms with van der Waals surface area (Å²) >= 11 is 0. The number of hydrogen-bond donors (Lipinski definition) is 0. The first-order valence-corrected chi connectivity index (χ1v) is 9.10. The highest BCUT2D eigenvalue weighted by atomic mass is 19.1. The standard InChI is InChI=1S/C22H17F2NO5/c1-2-30-22(29)21(28)16(12-26)14-10-25(11-15-17(23)7-5-8-18(15)24)19-9-4-3-6-13(19)20(14)27/h3-10,12,16H,2,11H2,1H3. The van der Waals surface area contributed by atoms with E-state index in [1.165, 1.54) is 29.8 Å². The highest BCUT2D eigenvalue weighted by Gasteiger charge is 2.31. The van der Waals surface area contributed by atoms with Gasteiger partial charge in [0.1, 0.15) is 23.8 Å². The Labute approximate surface area is 169 Å². The van der Waals surface area contributed by atoms with Crippen LogP contribution < -0.4 is 5.43 Å². The Kier molecular flexibility index (Phi) is 6.15. The molecule has 30 heavy (non-hydrogen) atoms. The first-order valence-electron chi connectivity index (χ1n) is 9.10. The Hall–Kier alpha value is -3.68. The van der Waals surface area contributed by atoms with Crippen LogP contribution in [0.5, 0.6) is 0 Å². The van der Waals surface area contributed by atoms with Crippen molar-refractivity contribution in [3.8, 4) is 0 Å². The number of ether oxygens (including phenoxy) is 1. The molecule has 1 heterocycles. The lowest BCUT2D eigenvalue weighted by Gasteiger charge is -2.16. The summed E-state index contributed by atoms with van der Waals surface area (Å²) in [5, 5.41) is 0.134.